The van der Waals surface area contributed by atoms with Crippen LogP contribution < -0.4 is 26.1 Å². The summed E-state index contributed by atoms with van der Waals surface area (Å²) in [5.41, 5.74) is 9.22. The van der Waals surface area contributed by atoms with Gasteiger partial charge in [0.15, 0.2) is 11.5 Å². The maximum atomic E-state index is 13.1. The maximum absolute atomic E-state index is 13.1. The van der Waals surface area contributed by atoms with Crippen molar-refractivity contribution >= 4 is 17.5 Å². The second-order valence-electron chi connectivity index (χ2n) is 9.34. The zero-order chi connectivity index (χ0) is 23.9. The summed E-state index contributed by atoms with van der Waals surface area (Å²) in [6, 6.07) is 3.77. The highest BCUT2D eigenvalue weighted by atomic mass is 35.5. The molecule has 1 fully saturated rings. The number of halogens is 1. The predicted octanol–water partition coefficient (Wildman–Crippen LogP) is 4.14. The van der Waals surface area contributed by atoms with Crippen molar-refractivity contribution in [3.63, 3.8) is 0 Å². The molecule has 4 N–H and O–H groups in total. The highest BCUT2D eigenvalue weighted by Gasteiger charge is 2.47. The van der Waals surface area contributed by atoms with E-state index in [4.69, 9.17) is 26.8 Å². The summed E-state index contributed by atoms with van der Waals surface area (Å²) in [6.45, 7) is 7.71. The molecule has 1 saturated carbocycles. The average Bonchev–Trinajstić information content (AvgIpc) is 3.15. The van der Waals surface area contributed by atoms with Crippen molar-refractivity contribution in [2.75, 3.05) is 0 Å². The standard InChI is InChI=1S/C25H32ClN3O4/c1-5-15-10-13(2)29-24(31)19(15)12-28-23(30)18-11-20(26)22-21(14(18)3)32-25(4,33-22)16-6-8-17(27)9-7-16/h10-11,16-17H,5-9,12,27H2,1-4H3,(H,28,30)(H,29,31)/t16-,17-,25?. The first kappa shape index (κ1) is 23.6. The Morgan fingerprint density at radius 3 is 2.55 bits per heavy atom. The van der Waals surface area contributed by atoms with Crippen molar-refractivity contribution in [3.05, 3.63) is 55.5 Å². The van der Waals surface area contributed by atoms with E-state index in [1.54, 1.807) is 6.07 Å². The van der Waals surface area contributed by atoms with Crippen molar-refractivity contribution in [3.8, 4) is 11.5 Å². The van der Waals surface area contributed by atoms with E-state index in [9.17, 15) is 9.59 Å². The average molecular weight is 474 g/mol. The van der Waals surface area contributed by atoms with Crippen LogP contribution in [0.4, 0.5) is 0 Å². The molecule has 2 heterocycles. The smallest absolute Gasteiger partial charge is 0.253 e. The van der Waals surface area contributed by atoms with E-state index < -0.39 is 5.79 Å². The highest BCUT2D eigenvalue weighted by Crippen LogP contribution is 2.51. The molecule has 7 nitrogen and oxygen atoms in total. The number of aromatic amines is 1. The number of aryl methyl sites for hydroxylation is 2. The van der Waals surface area contributed by atoms with Gasteiger partial charge in [-0.2, -0.15) is 0 Å². The number of H-pyrrole nitrogens is 1. The first-order valence-electron chi connectivity index (χ1n) is 11.6. The molecule has 1 amide bonds. The van der Waals surface area contributed by atoms with Gasteiger partial charge >= 0.3 is 0 Å². The lowest BCUT2D eigenvalue weighted by Crippen LogP contribution is -2.46. The van der Waals surface area contributed by atoms with Crippen molar-refractivity contribution in [2.45, 2.75) is 78.2 Å². The van der Waals surface area contributed by atoms with Crippen LogP contribution in [-0.4, -0.2) is 22.7 Å². The Balaban J connectivity index is 1.55. The van der Waals surface area contributed by atoms with Gasteiger partial charge in [0.1, 0.15) is 0 Å². The molecule has 2 aromatic rings. The number of hydrogen-bond donors (Lipinski definition) is 3. The molecule has 0 radical (unpaired) electrons. The fraction of sp³-hybridized carbons (Fsp3) is 0.520. The number of fused-ring (bicyclic) bond motifs is 1. The molecule has 1 aliphatic carbocycles. The Morgan fingerprint density at radius 1 is 1.21 bits per heavy atom. The highest BCUT2D eigenvalue weighted by molar-refractivity contribution is 6.33. The van der Waals surface area contributed by atoms with Crippen LogP contribution in [0.3, 0.4) is 0 Å². The van der Waals surface area contributed by atoms with Crippen LogP contribution in [0.15, 0.2) is 16.9 Å². The molecule has 1 unspecified atom stereocenters. The second kappa shape index (κ2) is 9.03. The normalized spacial score (nSPS) is 24.1. The second-order valence-corrected chi connectivity index (χ2v) is 9.75. The number of nitrogens with two attached hydrogens (primary N) is 1. The van der Waals surface area contributed by atoms with E-state index in [0.717, 1.165) is 36.9 Å². The van der Waals surface area contributed by atoms with E-state index in [1.807, 2.05) is 33.8 Å². The van der Waals surface area contributed by atoms with Crippen molar-refractivity contribution < 1.29 is 14.3 Å². The number of benzene rings is 1. The molecule has 33 heavy (non-hydrogen) atoms. The van der Waals surface area contributed by atoms with Gasteiger partial charge in [-0.3, -0.25) is 9.59 Å². The molecule has 1 aromatic carbocycles. The van der Waals surface area contributed by atoms with Crippen LogP contribution in [-0.2, 0) is 13.0 Å². The fourth-order valence-corrected chi connectivity index (χ4v) is 5.18. The predicted molar refractivity (Wildman–Crippen MR) is 128 cm³/mol. The molecular weight excluding hydrogens is 442 g/mol. The van der Waals surface area contributed by atoms with Crippen molar-refractivity contribution in [1.29, 1.82) is 0 Å². The van der Waals surface area contributed by atoms with E-state index in [0.29, 0.717) is 39.6 Å². The zero-order valence-electron chi connectivity index (χ0n) is 19.6. The van der Waals surface area contributed by atoms with Gasteiger partial charge in [-0.25, -0.2) is 0 Å². The van der Waals surface area contributed by atoms with Gasteiger partial charge in [-0.15, -0.1) is 0 Å². The maximum Gasteiger partial charge on any atom is 0.253 e. The molecule has 0 spiro atoms. The molecule has 2 aliphatic rings. The summed E-state index contributed by atoms with van der Waals surface area (Å²) < 4.78 is 12.6. The van der Waals surface area contributed by atoms with Gasteiger partial charge in [0, 0.05) is 47.8 Å². The number of hydrogen-bond acceptors (Lipinski definition) is 5. The molecular formula is C25H32ClN3O4. The third-order valence-corrected chi connectivity index (χ3v) is 7.26. The number of aromatic nitrogens is 1. The number of ether oxygens (including phenoxy) is 2. The molecule has 1 aliphatic heterocycles. The molecule has 0 saturated heterocycles. The number of carbonyl (C=O) groups is 1. The van der Waals surface area contributed by atoms with Gasteiger partial charge in [0.25, 0.3) is 17.3 Å². The van der Waals surface area contributed by atoms with Crippen molar-refractivity contribution in [2.24, 2.45) is 11.7 Å². The quantitative estimate of drug-likeness (QED) is 0.605. The molecule has 8 heteroatoms. The summed E-state index contributed by atoms with van der Waals surface area (Å²) in [5.74, 6) is 0.0222. The number of amides is 1. The van der Waals surface area contributed by atoms with Crippen LogP contribution in [0, 0.1) is 19.8 Å². The number of pyridine rings is 1. The summed E-state index contributed by atoms with van der Waals surface area (Å²) >= 11 is 6.53. The van der Waals surface area contributed by atoms with E-state index in [-0.39, 0.29) is 30.0 Å². The van der Waals surface area contributed by atoms with Gasteiger partial charge in [0.2, 0.25) is 0 Å². The monoisotopic (exact) mass is 473 g/mol. The van der Waals surface area contributed by atoms with Crippen LogP contribution >= 0.6 is 11.6 Å². The number of carbonyl (C=O) groups excluding carboxylic acids is 1. The van der Waals surface area contributed by atoms with Gasteiger partial charge in [0.05, 0.1) is 5.02 Å². The number of rotatable bonds is 5. The van der Waals surface area contributed by atoms with E-state index in [2.05, 4.69) is 10.3 Å². The van der Waals surface area contributed by atoms with E-state index >= 15 is 0 Å². The Bertz CT molecular complexity index is 1140. The summed E-state index contributed by atoms with van der Waals surface area (Å²) in [7, 11) is 0. The first-order chi connectivity index (χ1) is 15.6. The molecule has 1 aromatic heterocycles. The minimum absolute atomic E-state index is 0.128. The Kier molecular flexibility index (Phi) is 6.47. The van der Waals surface area contributed by atoms with E-state index in [1.165, 1.54) is 0 Å². The summed E-state index contributed by atoms with van der Waals surface area (Å²) in [5, 5.41) is 3.20. The molecule has 4 rings (SSSR count). The van der Waals surface area contributed by atoms with Crippen LogP contribution in [0.25, 0.3) is 0 Å². The lowest BCUT2D eigenvalue weighted by atomic mass is 9.81. The zero-order valence-corrected chi connectivity index (χ0v) is 20.4. The first-order valence-corrected chi connectivity index (χ1v) is 12.0. The fourth-order valence-electron chi connectivity index (χ4n) is 4.95. The lowest BCUT2D eigenvalue weighted by Gasteiger charge is -2.36. The van der Waals surface area contributed by atoms with Gasteiger partial charge < -0.3 is 25.5 Å². The minimum Gasteiger partial charge on any atom is -0.448 e. The Morgan fingerprint density at radius 2 is 1.88 bits per heavy atom. The van der Waals surface area contributed by atoms with Crippen LogP contribution in [0.2, 0.25) is 5.02 Å². The minimum atomic E-state index is -0.836. The topological polar surface area (TPSA) is 106 Å². The number of nitrogens with one attached hydrogen (secondary N) is 2. The Labute approximate surface area is 199 Å². The SMILES string of the molecule is CCc1cc(C)[nH]c(=O)c1CNC(=O)c1cc(Cl)c2c(c1C)OC(C)([C@H]1CC[C@H](N)CC1)O2. The van der Waals surface area contributed by atoms with Crippen LogP contribution in [0.1, 0.15) is 72.3 Å². The summed E-state index contributed by atoms with van der Waals surface area (Å²) in [4.78, 5) is 28.3. The Hall–Kier alpha value is -2.51. The largest absolute Gasteiger partial charge is 0.448 e. The van der Waals surface area contributed by atoms with Gasteiger partial charge in [-0.05, 0) is 63.6 Å². The lowest BCUT2D eigenvalue weighted by molar-refractivity contribution is -0.120. The van der Waals surface area contributed by atoms with Gasteiger partial charge in [-0.1, -0.05) is 18.5 Å². The summed E-state index contributed by atoms with van der Waals surface area (Å²) in [6.07, 6.45) is 4.40. The molecule has 0 bridgehead atoms. The van der Waals surface area contributed by atoms with Crippen molar-refractivity contribution in [1.82, 2.24) is 10.3 Å². The molecule has 1 atom stereocenters. The van der Waals surface area contributed by atoms with Crippen LogP contribution in [0.5, 0.6) is 11.5 Å². The molecule has 178 valence electrons. The third-order valence-electron chi connectivity index (χ3n) is 6.98. The third kappa shape index (κ3) is 4.49.